The molecule has 0 spiro atoms. The van der Waals surface area contributed by atoms with Crippen molar-refractivity contribution >= 4 is 11.9 Å². The fourth-order valence-electron chi connectivity index (χ4n) is 13.3. The van der Waals surface area contributed by atoms with Crippen molar-refractivity contribution in [1.29, 1.82) is 0 Å². The first-order valence-electron chi connectivity index (χ1n) is 40.6. The smallest absolute Gasteiger partial charge is 0.306 e. The average molecular weight is 1210 g/mol. The maximum absolute atomic E-state index is 12.4. The molecule has 0 saturated carbocycles. The molecule has 514 valence electrons. The summed E-state index contributed by atoms with van der Waals surface area (Å²) in [4.78, 5) is 24.7. The largest absolute Gasteiger partial charge is 0.462 e. The van der Waals surface area contributed by atoms with Crippen LogP contribution < -0.4 is 0 Å². The fourth-order valence-corrected chi connectivity index (χ4v) is 13.3. The summed E-state index contributed by atoms with van der Waals surface area (Å²) in [7, 11) is 0. The van der Waals surface area contributed by atoms with Crippen LogP contribution in [0.3, 0.4) is 0 Å². The highest BCUT2D eigenvalue weighted by atomic mass is 16.6. The molecular formula is C81H160O5. The minimum absolute atomic E-state index is 0.0551. The number of ether oxygens (including phenoxy) is 2. The molecule has 5 nitrogen and oxygen atoms in total. The van der Waals surface area contributed by atoms with Gasteiger partial charge in [-0.1, -0.05) is 463 Å². The number of carbonyl (C=O) groups excluding carboxylic acids is 2. The van der Waals surface area contributed by atoms with E-state index in [1.165, 1.54) is 430 Å². The van der Waals surface area contributed by atoms with Crippen LogP contribution >= 0.6 is 0 Å². The highest BCUT2D eigenvalue weighted by molar-refractivity contribution is 5.70. The first-order chi connectivity index (χ1) is 42.6. The molecule has 0 aromatic carbocycles. The van der Waals surface area contributed by atoms with Crippen LogP contribution in [0.25, 0.3) is 0 Å². The number of rotatable bonds is 78. The summed E-state index contributed by atoms with van der Waals surface area (Å²) in [6, 6.07) is 0. The van der Waals surface area contributed by atoms with Gasteiger partial charge < -0.3 is 14.6 Å². The van der Waals surface area contributed by atoms with E-state index in [9.17, 15) is 14.7 Å². The number of esters is 2. The molecule has 0 heterocycles. The molecule has 0 aromatic heterocycles. The van der Waals surface area contributed by atoms with Gasteiger partial charge in [0.05, 0.1) is 6.61 Å². The Morgan fingerprint density at radius 2 is 0.360 bits per heavy atom. The lowest BCUT2D eigenvalue weighted by atomic mass is 10.0. The zero-order valence-corrected chi connectivity index (χ0v) is 59.4. The highest BCUT2D eigenvalue weighted by Crippen LogP contribution is 2.21. The van der Waals surface area contributed by atoms with Crippen molar-refractivity contribution in [2.24, 2.45) is 0 Å². The topological polar surface area (TPSA) is 72.8 Å². The standard InChI is InChI=1S/C81H160O5/c1-3-5-7-9-11-13-15-17-19-21-23-25-27-29-31-33-35-37-39-40-42-44-46-48-50-52-54-56-58-60-62-64-66-68-70-72-74-76-81(84)86-79(77-82)78-85-80(83)75-73-71-69-67-65-63-61-59-57-55-53-51-49-47-45-43-41-38-36-34-32-30-28-26-24-22-20-18-16-14-12-10-8-6-4-2/h79,82H,3-78H2,1-2H3. The van der Waals surface area contributed by atoms with E-state index in [0.717, 1.165) is 32.1 Å². The molecule has 0 saturated heterocycles. The molecule has 86 heavy (non-hydrogen) atoms. The second-order valence-corrected chi connectivity index (χ2v) is 28.2. The van der Waals surface area contributed by atoms with Crippen LogP contribution in [-0.2, 0) is 19.1 Å². The minimum atomic E-state index is -0.766. The molecule has 5 heteroatoms. The number of hydrogen-bond acceptors (Lipinski definition) is 5. The Morgan fingerprint density at radius 1 is 0.221 bits per heavy atom. The van der Waals surface area contributed by atoms with Crippen LogP contribution in [-0.4, -0.2) is 36.4 Å². The van der Waals surface area contributed by atoms with Gasteiger partial charge in [-0.3, -0.25) is 9.59 Å². The second kappa shape index (κ2) is 78.1. The molecule has 0 rings (SSSR count). The first-order valence-corrected chi connectivity index (χ1v) is 40.6. The van der Waals surface area contributed by atoms with Gasteiger partial charge >= 0.3 is 11.9 Å². The van der Waals surface area contributed by atoms with E-state index in [-0.39, 0.29) is 25.2 Å². The maximum Gasteiger partial charge on any atom is 0.306 e. The first kappa shape index (κ1) is 84.9. The lowest BCUT2D eigenvalue weighted by Crippen LogP contribution is -2.28. The number of unbranched alkanes of at least 4 members (excludes halogenated alkanes) is 70. The summed E-state index contributed by atoms with van der Waals surface area (Å²) in [5.74, 6) is -0.555. The molecular weight excluding hydrogens is 1050 g/mol. The Hall–Kier alpha value is -1.10. The van der Waals surface area contributed by atoms with Gasteiger partial charge in [0.1, 0.15) is 6.61 Å². The van der Waals surface area contributed by atoms with Crippen LogP contribution in [0.5, 0.6) is 0 Å². The van der Waals surface area contributed by atoms with E-state index in [2.05, 4.69) is 13.8 Å². The predicted octanol–water partition coefficient (Wildman–Crippen LogP) is 28.3. The van der Waals surface area contributed by atoms with E-state index in [1.807, 2.05) is 0 Å². The number of carbonyl (C=O) groups is 2. The third-order valence-corrected chi connectivity index (χ3v) is 19.4. The molecule has 0 fully saturated rings. The van der Waals surface area contributed by atoms with Crippen LogP contribution in [0.2, 0.25) is 0 Å². The lowest BCUT2D eigenvalue weighted by molar-refractivity contribution is -0.161. The van der Waals surface area contributed by atoms with E-state index >= 15 is 0 Å². The van der Waals surface area contributed by atoms with Gasteiger partial charge in [0.25, 0.3) is 0 Å². The van der Waals surface area contributed by atoms with Crippen LogP contribution in [0.4, 0.5) is 0 Å². The van der Waals surface area contributed by atoms with Gasteiger partial charge in [-0.15, -0.1) is 0 Å². The number of aliphatic hydroxyl groups is 1. The Balaban J connectivity index is 3.32. The van der Waals surface area contributed by atoms with Gasteiger partial charge in [0, 0.05) is 12.8 Å². The molecule has 1 unspecified atom stereocenters. The zero-order valence-electron chi connectivity index (χ0n) is 59.4. The molecule has 0 aliphatic carbocycles. The molecule has 0 aromatic rings. The summed E-state index contributed by atoms with van der Waals surface area (Å²) < 4.78 is 10.8. The Kier molecular flexibility index (Phi) is 77.1. The van der Waals surface area contributed by atoms with Crippen molar-refractivity contribution in [3.8, 4) is 0 Å². The van der Waals surface area contributed by atoms with Gasteiger partial charge in [-0.05, 0) is 12.8 Å². The monoisotopic (exact) mass is 1210 g/mol. The van der Waals surface area contributed by atoms with Crippen LogP contribution in [0.1, 0.15) is 489 Å². The Labute approximate surface area is 541 Å². The number of aliphatic hydroxyl groups excluding tert-OH is 1. The predicted molar refractivity (Wildman–Crippen MR) is 381 cm³/mol. The maximum atomic E-state index is 12.4. The molecule has 0 amide bonds. The Bertz CT molecular complexity index is 1240. The van der Waals surface area contributed by atoms with E-state index in [0.29, 0.717) is 12.8 Å². The van der Waals surface area contributed by atoms with Crippen molar-refractivity contribution < 1.29 is 24.2 Å². The Morgan fingerprint density at radius 3 is 0.512 bits per heavy atom. The summed E-state index contributed by atoms with van der Waals surface area (Å²) in [5, 5.41) is 9.73. The highest BCUT2D eigenvalue weighted by Gasteiger charge is 2.16. The minimum Gasteiger partial charge on any atom is -0.462 e. The summed E-state index contributed by atoms with van der Waals surface area (Å²) >= 11 is 0. The summed E-state index contributed by atoms with van der Waals surface area (Å²) in [6.07, 6.45) is 101. The fraction of sp³-hybridized carbons (Fsp3) is 0.975. The lowest BCUT2D eigenvalue weighted by Gasteiger charge is -2.15. The van der Waals surface area contributed by atoms with E-state index in [1.54, 1.807) is 0 Å². The van der Waals surface area contributed by atoms with Crippen molar-refractivity contribution in [3.63, 3.8) is 0 Å². The van der Waals surface area contributed by atoms with Crippen molar-refractivity contribution in [1.82, 2.24) is 0 Å². The van der Waals surface area contributed by atoms with Gasteiger partial charge in [0.2, 0.25) is 0 Å². The van der Waals surface area contributed by atoms with E-state index in [4.69, 9.17) is 9.47 Å². The van der Waals surface area contributed by atoms with Gasteiger partial charge in [-0.2, -0.15) is 0 Å². The van der Waals surface area contributed by atoms with Crippen LogP contribution in [0.15, 0.2) is 0 Å². The van der Waals surface area contributed by atoms with Crippen molar-refractivity contribution in [2.45, 2.75) is 495 Å². The molecule has 1 atom stereocenters. The molecule has 0 bridgehead atoms. The average Bonchev–Trinajstić information content (AvgIpc) is 3.53. The SMILES string of the molecule is CCCCCCCCCCCCCCCCCCCCCCCCCCCCCCCCCCCCCCCC(=O)OC(CO)COC(=O)CCCCCCCCCCCCCCCCCCCCCCCCCCCCCCCCCCCCC. The van der Waals surface area contributed by atoms with Gasteiger partial charge in [0.15, 0.2) is 6.10 Å². The summed E-state index contributed by atoms with van der Waals surface area (Å²) in [5.41, 5.74) is 0. The third-order valence-electron chi connectivity index (χ3n) is 19.4. The molecule has 0 aliphatic heterocycles. The third kappa shape index (κ3) is 75.4. The second-order valence-electron chi connectivity index (χ2n) is 28.2. The molecule has 1 N–H and O–H groups in total. The van der Waals surface area contributed by atoms with Gasteiger partial charge in [-0.25, -0.2) is 0 Å². The van der Waals surface area contributed by atoms with Crippen molar-refractivity contribution in [2.75, 3.05) is 13.2 Å². The summed E-state index contributed by atoms with van der Waals surface area (Å²) in [6.45, 7) is 4.24. The van der Waals surface area contributed by atoms with Crippen molar-refractivity contribution in [3.05, 3.63) is 0 Å². The zero-order chi connectivity index (χ0) is 61.9. The normalized spacial score (nSPS) is 12.0. The quantitative estimate of drug-likeness (QED) is 0.0485. The van der Waals surface area contributed by atoms with Crippen LogP contribution in [0, 0.1) is 0 Å². The molecule has 0 radical (unpaired) electrons. The number of hydrogen-bond donors (Lipinski definition) is 1. The van der Waals surface area contributed by atoms with E-state index < -0.39 is 6.10 Å². The molecule has 0 aliphatic rings.